The van der Waals surface area contributed by atoms with Crippen LogP contribution in [0.5, 0.6) is 0 Å². The van der Waals surface area contributed by atoms with Crippen LogP contribution in [0, 0.1) is 0 Å². The molecule has 0 aliphatic rings. The summed E-state index contributed by atoms with van der Waals surface area (Å²) in [6, 6.07) is 5.74. The quantitative estimate of drug-likeness (QED) is 0.792. The van der Waals surface area contributed by atoms with E-state index in [1.54, 1.807) is 18.7 Å². The fourth-order valence-corrected chi connectivity index (χ4v) is 2.24. The summed E-state index contributed by atoms with van der Waals surface area (Å²) in [7, 11) is 0. The maximum atomic E-state index is 9.35. The van der Waals surface area contributed by atoms with E-state index >= 15 is 0 Å². The summed E-state index contributed by atoms with van der Waals surface area (Å²) in [5, 5.41) is 10.1. The molecule has 0 aliphatic carbocycles. The van der Waals surface area contributed by atoms with Gasteiger partial charge in [-0.05, 0) is 36.8 Å². The number of hydrogen-bond donors (Lipinski definition) is 1. The molecule has 78 valence electrons. The second-order valence-electron chi connectivity index (χ2n) is 3.21. The summed E-state index contributed by atoms with van der Waals surface area (Å²) in [4.78, 5) is 1.10. The van der Waals surface area contributed by atoms with Gasteiger partial charge in [-0.2, -0.15) is 0 Å². The van der Waals surface area contributed by atoms with Gasteiger partial charge in [0.15, 0.2) is 0 Å². The van der Waals surface area contributed by atoms with Gasteiger partial charge in [0.2, 0.25) is 0 Å². The number of hydrogen-bond acceptors (Lipinski definition) is 2. The van der Waals surface area contributed by atoms with E-state index < -0.39 is 6.10 Å². The SMILES string of the molecule is CCCSc1ccc([C@H](C)O)cc1Cl. The minimum atomic E-state index is -0.447. The van der Waals surface area contributed by atoms with Crippen LogP contribution in [0.1, 0.15) is 31.9 Å². The van der Waals surface area contributed by atoms with E-state index in [4.69, 9.17) is 11.6 Å². The van der Waals surface area contributed by atoms with Crippen LogP contribution in [-0.2, 0) is 0 Å². The third-order valence-electron chi connectivity index (χ3n) is 1.90. The molecule has 1 rings (SSSR count). The fraction of sp³-hybridized carbons (Fsp3) is 0.455. The third-order valence-corrected chi connectivity index (χ3v) is 3.60. The highest BCUT2D eigenvalue weighted by Crippen LogP contribution is 2.29. The van der Waals surface area contributed by atoms with Crippen LogP contribution in [0.4, 0.5) is 0 Å². The molecule has 0 amide bonds. The first-order valence-corrected chi connectivity index (χ1v) is 6.11. The molecule has 0 spiro atoms. The molecule has 0 aromatic heterocycles. The predicted octanol–water partition coefficient (Wildman–Crippen LogP) is 3.90. The highest BCUT2D eigenvalue weighted by atomic mass is 35.5. The summed E-state index contributed by atoms with van der Waals surface area (Å²) < 4.78 is 0. The molecule has 1 nitrogen and oxygen atoms in total. The van der Waals surface area contributed by atoms with Gasteiger partial charge in [-0.15, -0.1) is 11.8 Å². The van der Waals surface area contributed by atoms with E-state index in [-0.39, 0.29) is 0 Å². The number of halogens is 1. The smallest absolute Gasteiger partial charge is 0.0762 e. The van der Waals surface area contributed by atoms with Gasteiger partial charge in [0.1, 0.15) is 0 Å². The number of aliphatic hydroxyl groups is 1. The first kappa shape index (κ1) is 11.9. The van der Waals surface area contributed by atoms with Crippen LogP contribution in [0.15, 0.2) is 23.1 Å². The van der Waals surface area contributed by atoms with Gasteiger partial charge in [0, 0.05) is 4.90 Å². The minimum Gasteiger partial charge on any atom is -0.389 e. The lowest BCUT2D eigenvalue weighted by Gasteiger charge is -2.08. The van der Waals surface area contributed by atoms with Crippen molar-refractivity contribution in [2.45, 2.75) is 31.3 Å². The van der Waals surface area contributed by atoms with Crippen LogP contribution in [0.25, 0.3) is 0 Å². The Labute approximate surface area is 94.5 Å². The zero-order valence-corrected chi connectivity index (χ0v) is 10.0. The molecule has 0 radical (unpaired) electrons. The predicted molar refractivity (Wildman–Crippen MR) is 63.1 cm³/mol. The van der Waals surface area contributed by atoms with Crippen molar-refractivity contribution < 1.29 is 5.11 Å². The lowest BCUT2D eigenvalue weighted by atomic mass is 10.1. The van der Waals surface area contributed by atoms with E-state index in [0.717, 1.165) is 27.7 Å². The molecule has 1 N–H and O–H groups in total. The highest BCUT2D eigenvalue weighted by molar-refractivity contribution is 7.99. The Morgan fingerprint density at radius 3 is 2.71 bits per heavy atom. The van der Waals surface area contributed by atoms with E-state index in [1.165, 1.54) is 0 Å². The number of benzene rings is 1. The Morgan fingerprint density at radius 1 is 1.50 bits per heavy atom. The van der Waals surface area contributed by atoms with Crippen LogP contribution in [0.3, 0.4) is 0 Å². The summed E-state index contributed by atoms with van der Waals surface area (Å²) in [6.07, 6.45) is 0.691. The topological polar surface area (TPSA) is 20.2 Å². The molecule has 0 bridgehead atoms. The second-order valence-corrected chi connectivity index (χ2v) is 4.76. The Hall–Kier alpha value is -0.180. The van der Waals surface area contributed by atoms with Gasteiger partial charge in [-0.1, -0.05) is 24.6 Å². The van der Waals surface area contributed by atoms with Gasteiger partial charge in [-0.25, -0.2) is 0 Å². The lowest BCUT2D eigenvalue weighted by molar-refractivity contribution is 0.199. The molecule has 0 unspecified atom stereocenters. The Kier molecular flexibility index (Phi) is 4.79. The van der Waals surface area contributed by atoms with E-state index in [2.05, 4.69) is 6.92 Å². The Bertz CT molecular complexity index is 299. The lowest BCUT2D eigenvalue weighted by Crippen LogP contribution is -1.91. The van der Waals surface area contributed by atoms with Crippen molar-refractivity contribution in [2.75, 3.05) is 5.75 Å². The zero-order valence-electron chi connectivity index (χ0n) is 8.46. The molecule has 14 heavy (non-hydrogen) atoms. The van der Waals surface area contributed by atoms with Gasteiger partial charge in [0.25, 0.3) is 0 Å². The molecule has 3 heteroatoms. The number of thioether (sulfide) groups is 1. The third kappa shape index (κ3) is 3.19. The number of aliphatic hydroxyl groups excluding tert-OH is 1. The molecule has 0 aliphatic heterocycles. The highest BCUT2D eigenvalue weighted by Gasteiger charge is 2.05. The van der Waals surface area contributed by atoms with Crippen molar-refractivity contribution in [3.8, 4) is 0 Å². The average Bonchev–Trinajstić information content (AvgIpc) is 2.15. The van der Waals surface area contributed by atoms with Crippen LogP contribution in [-0.4, -0.2) is 10.9 Å². The van der Waals surface area contributed by atoms with Crippen molar-refractivity contribution in [1.82, 2.24) is 0 Å². The van der Waals surface area contributed by atoms with Crippen molar-refractivity contribution in [1.29, 1.82) is 0 Å². The van der Waals surface area contributed by atoms with Gasteiger partial charge >= 0.3 is 0 Å². The van der Waals surface area contributed by atoms with E-state index in [9.17, 15) is 5.11 Å². The summed E-state index contributed by atoms with van der Waals surface area (Å²) in [6.45, 7) is 3.88. The molecule has 0 saturated heterocycles. The normalized spacial score (nSPS) is 12.9. The van der Waals surface area contributed by atoms with Crippen molar-refractivity contribution in [3.05, 3.63) is 28.8 Å². The summed E-state index contributed by atoms with van der Waals surface area (Å²) in [5.41, 5.74) is 0.871. The van der Waals surface area contributed by atoms with Crippen molar-refractivity contribution >= 4 is 23.4 Å². The molecule has 0 saturated carbocycles. The zero-order chi connectivity index (χ0) is 10.6. The maximum Gasteiger partial charge on any atom is 0.0762 e. The van der Waals surface area contributed by atoms with Crippen LogP contribution in [0.2, 0.25) is 5.02 Å². The molecular weight excluding hydrogens is 216 g/mol. The van der Waals surface area contributed by atoms with E-state index in [1.807, 2.05) is 18.2 Å². The Balaban J connectivity index is 2.79. The molecule has 1 atom stereocenters. The average molecular weight is 231 g/mol. The van der Waals surface area contributed by atoms with E-state index in [0.29, 0.717) is 0 Å². The molecule has 1 aromatic rings. The van der Waals surface area contributed by atoms with Crippen molar-refractivity contribution in [3.63, 3.8) is 0 Å². The van der Waals surface area contributed by atoms with Gasteiger partial charge in [0.05, 0.1) is 11.1 Å². The fourth-order valence-electron chi connectivity index (χ4n) is 1.11. The second kappa shape index (κ2) is 5.64. The van der Waals surface area contributed by atoms with Gasteiger partial charge in [-0.3, -0.25) is 0 Å². The first-order valence-electron chi connectivity index (χ1n) is 4.75. The number of rotatable bonds is 4. The Morgan fingerprint density at radius 2 is 2.21 bits per heavy atom. The largest absolute Gasteiger partial charge is 0.389 e. The first-order chi connectivity index (χ1) is 6.65. The molecular formula is C11H15ClOS. The van der Waals surface area contributed by atoms with Crippen molar-refractivity contribution in [2.24, 2.45) is 0 Å². The minimum absolute atomic E-state index is 0.447. The summed E-state index contributed by atoms with van der Waals surface area (Å²) >= 11 is 7.83. The molecule has 0 fully saturated rings. The maximum absolute atomic E-state index is 9.35. The molecule has 1 aromatic carbocycles. The molecule has 0 heterocycles. The monoisotopic (exact) mass is 230 g/mol. The van der Waals surface area contributed by atoms with Crippen LogP contribution < -0.4 is 0 Å². The standard InChI is InChI=1S/C11H15ClOS/c1-3-6-14-11-5-4-9(8(2)13)7-10(11)12/h4-5,7-8,13H,3,6H2,1-2H3/t8-/m0/s1. The van der Waals surface area contributed by atoms with Gasteiger partial charge < -0.3 is 5.11 Å². The van der Waals surface area contributed by atoms with Crippen LogP contribution >= 0.6 is 23.4 Å². The summed E-state index contributed by atoms with van der Waals surface area (Å²) in [5.74, 6) is 1.08.